The van der Waals surface area contributed by atoms with Crippen LogP contribution in [0, 0.1) is 0 Å². The van der Waals surface area contributed by atoms with Gasteiger partial charge in [-0.15, -0.1) is 0 Å². The van der Waals surface area contributed by atoms with E-state index in [4.69, 9.17) is 0 Å². The third-order valence-electron chi connectivity index (χ3n) is 4.01. The molecule has 0 aromatic heterocycles. The third kappa shape index (κ3) is 1.53. The molecule has 0 fully saturated rings. The van der Waals surface area contributed by atoms with Gasteiger partial charge in [-0.25, -0.2) is 0 Å². The van der Waals surface area contributed by atoms with Crippen molar-refractivity contribution in [3.8, 4) is 0 Å². The van der Waals surface area contributed by atoms with Crippen LogP contribution in [-0.4, -0.2) is 0 Å². The van der Waals surface area contributed by atoms with Gasteiger partial charge < -0.3 is 0 Å². The topological polar surface area (TPSA) is 0 Å². The monoisotopic (exact) mass is 242 g/mol. The number of fused-ring (bicyclic) bond motifs is 2. The number of benzene rings is 2. The first-order chi connectivity index (χ1) is 9.33. The lowest BCUT2D eigenvalue weighted by molar-refractivity contribution is 1.25. The molecule has 0 saturated carbocycles. The third-order valence-corrected chi connectivity index (χ3v) is 4.01. The Morgan fingerprint density at radius 3 is 2.68 bits per heavy atom. The lowest BCUT2D eigenvalue weighted by Crippen LogP contribution is -2.24. The highest BCUT2D eigenvalue weighted by Crippen LogP contribution is 2.34. The van der Waals surface area contributed by atoms with E-state index in [1.807, 2.05) is 0 Å². The molecule has 0 aliphatic heterocycles. The summed E-state index contributed by atoms with van der Waals surface area (Å²) >= 11 is 0. The van der Waals surface area contributed by atoms with Crippen molar-refractivity contribution in [3.05, 3.63) is 81.2 Å². The minimum absolute atomic E-state index is 1.04. The fourth-order valence-electron chi connectivity index (χ4n) is 3.03. The van der Waals surface area contributed by atoms with Crippen molar-refractivity contribution in [2.45, 2.75) is 6.42 Å². The highest BCUT2D eigenvalue weighted by molar-refractivity contribution is 5.93. The highest BCUT2D eigenvalue weighted by Gasteiger charge is 2.18. The van der Waals surface area contributed by atoms with Crippen LogP contribution in [0.3, 0.4) is 0 Å². The quantitative estimate of drug-likeness (QED) is 0.721. The maximum absolute atomic E-state index is 4.11. The van der Waals surface area contributed by atoms with Crippen molar-refractivity contribution in [1.82, 2.24) is 0 Å². The fraction of sp³-hybridized carbons (Fsp3) is 0.0526. The Morgan fingerprint density at radius 1 is 0.895 bits per heavy atom. The van der Waals surface area contributed by atoms with E-state index in [-0.39, 0.29) is 0 Å². The molecule has 0 heterocycles. The van der Waals surface area contributed by atoms with E-state index in [0.29, 0.717) is 0 Å². The van der Waals surface area contributed by atoms with E-state index >= 15 is 0 Å². The van der Waals surface area contributed by atoms with E-state index in [2.05, 4.69) is 67.3 Å². The van der Waals surface area contributed by atoms with Gasteiger partial charge in [0, 0.05) is 0 Å². The normalized spacial score (nSPS) is 15.4. The molecule has 0 N–H and O–H groups in total. The Labute approximate surface area is 112 Å². The van der Waals surface area contributed by atoms with Crippen molar-refractivity contribution in [1.29, 1.82) is 0 Å². The van der Waals surface area contributed by atoms with Gasteiger partial charge in [0.05, 0.1) is 0 Å². The first-order valence-corrected chi connectivity index (χ1v) is 6.62. The summed E-state index contributed by atoms with van der Waals surface area (Å²) in [4.78, 5) is 0. The van der Waals surface area contributed by atoms with Crippen LogP contribution in [0.4, 0.5) is 0 Å². The van der Waals surface area contributed by atoms with E-state index < -0.39 is 0 Å². The number of rotatable bonds is 1. The Balaban J connectivity index is 1.81. The Bertz CT molecular complexity index is 848. The number of allylic oxidation sites excluding steroid dienone is 3. The van der Waals surface area contributed by atoms with Gasteiger partial charge in [0.15, 0.2) is 0 Å². The fourth-order valence-corrected chi connectivity index (χ4v) is 3.03. The molecule has 0 nitrogen and oxygen atoms in total. The summed E-state index contributed by atoms with van der Waals surface area (Å²) in [6, 6.07) is 15.0. The maximum Gasteiger partial charge on any atom is -0.00135 e. The van der Waals surface area contributed by atoms with Gasteiger partial charge in [0.2, 0.25) is 0 Å². The molecule has 2 aromatic carbocycles. The standard InChI is InChI=1S/C19H14/c1-13-5-4-8-19-17(13)9-10-18(19)16-11-14-6-2-3-7-15(14)12-16/h2-11H,1,12H2. The first-order valence-electron chi connectivity index (χ1n) is 6.62. The molecule has 2 aromatic rings. The summed E-state index contributed by atoms with van der Waals surface area (Å²) in [5, 5.41) is 2.38. The predicted octanol–water partition coefficient (Wildman–Crippen LogP) is 2.91. The second-order valence-electron chi connectivity index (χ2n) is 5.17. The summed E-state index contributed by atoms with van der Waals surface area (Å²) in [6.07, 6.45) is 7.78. The van der Waals surface area contributed by atoms with Crippen molar-refractivity contribution < 1.29 is 0 Å². The first kappa shape index (κ1) is 10.6. The largest absolute Gasteiger partial charge is 0.0911 e. The van der Waals surface area contributed by atoms with Crippen LogP contribution in [0.2, 0.25) is 0 Å². The minimum atomic E-state index is 1.04. The molecule has 90 valence electrons. The van der Waals surface area contributed by atoms with Crippen molar-refractivity contribution in [2.24, 2.45) is 0 Å². The van der Waals surface area contributed by atoms with Gasteiger partial charge in [-0.1, -0.05) is 67.3 Å². The van der Waals surface area contributed by atoms with Gasteiger partial charge in [0.1, 0.15) is 0 Å². The van der Waals surface area contributed by atoms with E-state index in [1.165, 1.54) is 33.1 Å². The number of hydrogen-bond acceptors (Lipinski definition) is 0. The molecule has 0 amide bonds. The molecular weight excluding hydrogens is 228 g/mol. The van der Waals surface area contributed by atoms with Crippen molar-refractivity contribution in [2.75, 3.05) is 0 Å². The zero-order chi connectivity index (χ0) is 12.8. The predicted molar refractivity (Wildman–Crippen MR) is 81.8 cm³/mol. The van der Waals surface area contributed by atoms with Gasteiger partial charge in [-0.05, 0) is 44.7 Å². The minimum Gasteiger partial charge on any atom is -0.0911 e. The zero-order valence-electron chi connectivity index (χ0n) is 10.7. The summed E-state index contributed by atoms with van der Waals surface area (Å²) in [6.45, 7) is 4.11. The Hall–Kier alpha value is -2.34. The average molecular weight is 242 g/mol. The van der Waals surface area contributed by atoms with E-state index in [1.54, 1.807) is 0 Å². The Kier molecular flexibility index (Phi) is 2.13. The molecule has 2 aliphatic carbocycles. The molecular formula is C19H14. The molecule has 0 saturated heterocycles. The van der Waals surface area contributed by atoms with Crippen LogP contribution in [0.1, 0.15) is 16.7 Å². The molecule has 19 heavy (non-hydrogen) atoms. The summed E-state index contributed by atoms with van der Waals surface area (Å²) in [5.74, 6) is 0. The summed E-state index contributed by atoms with van der Waals surface area (Å²) in [5.41, 5.74) is 6.89. The molecule has 0 heteroatoms. The van der Waals surface area contributed by atoms with E-state index in [0.717, 1.165) is 11.6 Å². The summed E-state index contributed by atoms with van der Waals surface area (Å²) < 4.78 is 0. The van der Waals surface area contributed by atoms with Gasteiger partial charge in [-0.3, -0.25) is 0 Å². The van der Waals surface area contributed by atoms with Crippen LogP contribution in [0.5, 0.6) is 0 Å². The van der Waals surface area contributed by atoms with Crippen LogP contribution in [-0.2, 0) is 6.42 Å². The molecule has 0 atom stereocenters. The SMILES string of the molecule is C=c1cccc2c1=CC=C2C1=Cc2ccccc2C1. The van der Waals surface area contributed by atoms with Crippen molar-refractivity contribution in [3.63, 3.8) is 0 Å². The summed E-state index contributed by atoms with van der Waals surface area (Å²) in [7, 11) is 0. The van der Waals surface area contributed by atoms with Gasteiger partial charge in [0.25, 0.3) is 0 Å². The molecule has 0 unspecified atom stereocenters. The highest BCUT2D eigenvalue weighted by atomic mass is 14.2. The van der Waals surface area contributed by atoms with Gasteiger partial charge in [-0.2, -0.15) is 0 Å². The zero-order valence-corrected chi connectivity index (χ0v) is 10.7. The molecule has 0 radical (unpaired) electrons. The second-order valence-corrected chi connectivity index (χ2v) is 5.17. The average Bonchev–Trinajstić information content (AvgIpc) is 3.02. The number of hydrogen-bond donors (Lipinski definition) is 0. The smallest absolute Gasteiger partial charge is 0.00135 e. The lowest BCUT2D eigenvalue weighted by atomic mass is 9.98. The van der Waals surface area contributed by atoms with Crippen LogP contribution in [0.15, 0.2) is 54.1 Å². The molecule has 0 bridgehead atoms. The van der Waals surface area contributed by atoms with Crippen LogP contribution >= 0.6 is 0 Å². The van der Waals surface area contributed by atoms with Crippen molar-refractivity contribution >= 4 is 24.3 Å². The molecule has 2 aliphatic rings. The maximum atomic E-state index is 4.11. The lowest BCUT2D eigenvalue weighted by Gasteiger charge is -2.06. The second kappa shape index (κ2) is 3.83. The van der Waals surface area contributed by atoms with E-state index in [9.17, 15) is 0 Å². The van der Waals surface area contributed by atoms with Crippen LogP contribution in [0.25, 0.3) is 24.3 Å². The molecule has 4 rings (SSSR count). The van der Waals surface area contributed by atoms with Crippen LogP contribution < -0.4 is 10.4 Å². The van der Waals surface area contributed by atoms with Gasteiger partial charge >= 0.3 is 0 Å². The Morgan fingerprint density at radius 2 is 1.79 bits per heavy atom. The molecule has 0 spiro atoms.